The fraction of sp³-hybridized carbons (Fsp3) is 0.429. The number of rotatable bonds is 2. The molecule has 23 heavy (non-hydrogen) atoms. The zero-order valence-electron chi connectivity index (χ0n) is 11.9. The van der Waals surface area contributed by atoms with Gasteiger partial charge in [0.15, 0.2) is 5.82 Å². The van der Waals surface area contributed by atoms with Gasteiger partial charge in [-0.05, 0) is 25.0 Å². The van der Waals surface area contributed by atoms with E-state index < -0.39 is 23.1 Å². The molecular weight excluding hydrogens is 338 g/mol. The van der Waals surface area contributed by atoms with Gasteiger partial charge in [0.25, 0.3) is 5.89 Å². The number of aromatic nitrogens is 2. The maximum Gasteiger partial charge on any atom is 0.419 e. The summed E-state index contributed by atoms with van der Waals surface area (Å²) in [6, 6.07) is 2.93. The number of nitrogens with two attached hydrogens (primary N) is 1. The highest BCUT2D eigenvalue weighted by Crippen LogP contribution is 2.37. The second-order valence-corrected chi connectivity index (χ2v) is 5.45. The smallest absolute Gasteiger partial charge is 0.334 e. The summed E-state index contributed by atoms with van der Waals surface area (Å²) < 4.78 is 57.2. The zero-order chi connectivity index (χ0) is 16.0. The molecule has 2 N–H and O–H groups in total. The molecule has 1 fully saturated rings. The molecule has 126 valence electrons. The Morgan fingerprint density at radius 1 is 1.17 bits per heavy atom. The van der Waals surface area contributed by atoms with E-state index in [0.717, 1.165) is 18.9 Å². The Labute approximate surface area is 135 Å². The number of hydrogen-bond acceptors (Lipinski definition) is 4. The topological polar surface area (TPSA) is 64.9 Å². The normalized spacial score (nSPS) is 17.1. The van der Waals surface area contributed by atoms with E-state index >= 15 is 0 Å². The molecule has 3 rings (SSSR count). The molecule has 4 nitrogen and oxygen atoms in total. The van der Waals surface area contributed by atoms with Crippen molar-refractivity contribution in [2.75, 3.05) is 0 Å². The first-order valence-electron chi connectivity index (χ1n) is 6.80. The van der Waals surface area contributed by atoms with Crippen LogP contribution in [0.5, 0.6) is 0 Å². The maximum atomic E-state index is 14.1. The minimum Gasteiger partial charge on any atom is -0.334 e. The lowest BCUT2D eigenvalue weighted by atomic mass is 9.98. The summed E-state index contributed by atoms with van der Waals surface area (Å²) in [5, 5.41) is 3.72. The van der Waals surface area contributed by atoms with E-state index in [9.17, 15) is 17.6 Å². The Hall–Kier alpha value is -1.67. The van der Waals surface area contributed by atoms with E-state index in [-0.39, 0.29) is 29.7 Å². The molecule has 0 radical (unpaired) electrons. The fourth-order valence-corrected chi connectivity index (χ4v) is 2.68. The van der Waals surface area contributed by atoms with Crippen molar-refractivity contribution in [1.29, 1.82) is 0 Å². The zero-order valence-corrected chi connectivity index (χ0v) is 12.7. The van der Waals surface area contributed by atoms with Crippen LogP contribution in [0.25, 0.3) is 11.5 Å². The Morgan fingerprint density at radius 2 is 1.83 bits per heavy atom. The molecule has 0 saturated heterocycles. The lowest BCUT2D eigenvalue weighted by Gasteiger charge is -2.17. The number of alkyl halides is 3. The average Bonchev–Trinajstić information content (AvgIpc) is 3.07. The quantitative estimate of drug-likeness (QED) is 0.829. The van der Waals surface area contributed by atoms with E-state index in [0.29, 0.717) is 18.9 Å². The van der Waals surface area contributed by atoms with Gasteiger partial charge in [-0.1, -0.05) is 24.1 Å². The lowest BCUT2D eigenvalue weighted by Crippen LogP contribution is -2.34. The number of benzene rings is 1. The van der Waals surface area contributed by atoms with Crippen LogP contribution in [-0.2, 0) is 11.7 Å². The maximum absolute atomic E-state index is 14.1. The van der Waals surface area contributed by atoms with Crippen molar-refractivity contribution in [1.82, 2.24) is 10.1 Å². The van der Waals surface area contributed by atoms with Gasteiger partial charge in [0.1, 0.15) is 5.82 Å². The Morgan fingerprint density at radius 3 is 2.43 bits per heavy atom. The molecule has 1 aromatic carbocycles. The van der Waals surface area contributed by atoms with Gasteiger partial charge in [0, 0.05) is 0 Å². The summed E-state index contributed by atoms with van der Waals surface area (Å²) in [6.45, 7) is 0. The Bertz CT molecular complexity index is 696. The number of halogens is 5. The van der Waals surface area contributed by atoms with Crippen molar-refractivity contribution < 1.29 is 22.1 Å². The molecule has 0 spiro atoms. The summed E-state index contributed by atoms with van der Waals surface area (Å²) >= 11 is 0. The first-order valence-corrected chi connectivity index (χ1v) is 6.80. The highest BCUT2D eigenvalue weighted by molar-refractivity contribution is 5.85. The summed E-state index contributed by atoms with van der Waals surface area (Å²) in [5.41, 5.74) is 3.65. The standard InChI is InChI=1S/C14H13F4N3O.ClH/c15-10-8(4-3-5-9(10)14(16,17)18)11-20-12(21-22-11)13(19)6-1-2-7-13;/h3-5H,1-2,6-7,19H2;1H. The first-order chi connectivity index (χ1) is 10.3. The summed E-state index contributed by atoms with van der Waals surface area (Å²) in [4.78, 5) is 4.01. The van der Waals surface area contributed by atoms with Crippen molar-refractivity contribution in [3.8, 4) is 11.5 Å². The molecule has 1 saturated carbocycles. The summed E-state index contributed by atoms with van der Waals surface area (Å²) in [7, 11) is 0. The largest absolute Gasteiger partial charge is 0.419 e. The van der Waals surface area contributed by atoms with Crippen LogP contribution >= 0.6 is 12.4 Å². The molecular formula is C14H14ClF4N3O. The van der Waals surface area contributed by atoms with Crippen LogP contribution in [0.3, 0.4) is 0 Å². The van der Waals surface area contributed by atoms with Crippen molar-refractivity contribution in [3.63, 3.8) is 0 Å². The van der Waals surface area contributed by atoms with Crippen LogP contribution in [0.4, 0.5) is 17.6 Å². The van der Waals surface area contributed by atoms with Crippen molar-refractivity contribution in [3.05, 3.63) is 35.4 Å². The van der Waals surface area contributed by atoms with Gasteiger partial charge >= 0.3 is 6.18 Å². The summed E-state index contributed by atoms with van der Waals surface area (Å²) in [5.74, 6) is -1.52. The van der Waals surface area contributed by atoms with Crippen LogP contribution < -0.4 is 5.73 Å². The monoisotopic (exact) mass is 351 g/mol. The van der Waals surface area contributed by atoms with Crippen molar-refractivity contribution >= 4 is 12.4 Å². The van der Waals surface area contributed by atoms with Gasteiger partial charge in [0.2, 0.25) is 0 Å². The molecule has 0 aliphatic heterocycles. The predicted molar refractivity (Wildman–Crippen MR) is 76.3 cm³/mol. The first kappa shape index (κ1) is 17.7. The molecule has 0 bridgehead atoms. The van der Waals surface area contributed by atoms with Gasteiger partial charge in [-0.15, -0.1) is 12.4 Å². The van der Waals surface area contributed by atoms with Gasteiger partial charge in [-0.3, -0.25) is 0 Å². The van der Waals surface area contributed by atoms with Crippen molar-refractivity contribution in [2.45, 2.75) is 37.4 Å². The molecule has 0 amide bonds. The molecule has 9 heteroatoms. The minimum atomic E-state index is -4.79. The van der Waals surface area contributed by atoms with E-state index in [1.165, 1.54) is 6.07 Å². The van der Waals surface area contributed by atoms with Crippen LogP contribution in [0.1, 0.15) is 37.1 Å². The molecule has 0 unspecified atom stereocenters. The molecule has 1 heterocycles. The van der Waals surface area contributed by atoms with Crippen LogP contribution in [0, 0.1) is 5.82 Å². The Kier molecular flexibility index (Phi) is 4.68. The average molecular weight is 352 g/mol. The highest BCUT2D eigenvalue weighted by Gasteiger charge is 2.38. The third kappa shape index (κ3) is 3.18. The third-order valence-corrected chi connectivity index (χ3v) is 3.90. The molecule has 2 aromatic rings. The fourth-order valence-electron chi connectivity index (χ4n) is 2.68. The Balaban J connectivity index is 0.00000192. The number of hydrogen-bond donors (Lipinski definition) is 1. The van der Waals surface area contributed by atoms with Crippen LogP contribution in [-0.4, -0.2) is 10.1 Å². The van der Waals surface area contributed by atoms with E-state index in [1.54, 1.807) is 0 Å². The van der Waals surface area contributed by atoms with Gasteiger partial charge < -0.3 is 10.3 Å². The molecule has 0 atom stereocenters. The highest BCUT2D eigenvalue weighted by atomic mass is 35.5. The second-order valence-electron chi connectivity index (χ2n) is 5.45. The van der Waals surface area contributed by atoms with Crippen LogP contribution in [0.15, 0.2) is 22.7 Å². The number of nitrogens with zero attached hydrogens (tertiary/aromatic N) is 2. The van der Waals surface area contributed by atoms with E-state index in [2.05, 4.69) is 10.1 Å². The van der Waals surface area contributed by atoms with E-state index in [4.69, 9.17) is 10.3 Å². The molecule has 1 aliphatic carbocycles. The lowest BCUT2D eigenvalue weighted by molar-refractivity contribution is -0.139. The van der Waals surface area contributed by atoms with Gasteiger partial charge in [0.05, 0.1) is 16.7 Å². The molecule has 1 aromatic heterocycles. The van der Waals surface area contributed by atoms with Gasteiger partial charge in [-0.2, -0.15) is 18.2 Å². The van der Waals surface area contributed by atoms with Gasteiger partial charge in [-0.25, -0.2) is 4.39 Å². The minimum absolute atomic E-state index is 0. The predicted octanol–water partition coefficient (Wildman–Crippen LogP) is 4.04. The second kappa shape index (κ2) is 6.09. The van der Waals surface area contributed by atoms with Crippen LogP contribution in [0.2, 0.25) is 0 Å². The van der Waals surface area contributed by atoms with E-state index in [1.807, 2.05) is 0 Å². The van der Waals surface area contributed by atoms with Crippen molar-refractivity contribution in [2.24, 2.45) is 5.73 Å². The third-order valence-electron chi connectivity index (χ3n) is 3.90. The SMILES string of the molecule is Cl.NC1(c2noc(-c3cccc(C(F)(F)F)c3F)n2)CCCC1. The summed E-state index contributed by atoms with van der Waals surface area (Å²) in [6.07, 6.45) is -1.63. The molecule has 1 aliphatic rings.